The quantitative estimate of drug-likeness (QED) is 0.763. The number of nitrogens with two attached hydrogens (primary N) is 2. The number of likely N-dealkylation sites (tertiary alicyclic amines) is 1. The van der Waals surface area contributed by atoms with Crippen LogP contribution >= 0.6 is 11.6 Å². The zero-order valence-electron chi connectivity index (χ0n) is 11.3. The molecule has 0 saturated carbocycles. The van der Waals surface area contributed by atoms with E-state index in [9.17, 15) is 13.2 Å². The van der Waals surface area contributed by atoms with Crippen LogP contribution in [0.4, 0.5) is 10.5 Å². The van der Waals surface area contributed by atoms with E-state index in [0.29, 0.717) is 36.6 Å². The number of rotatable bonds is 3. The van der Waals surface area contributed by atoms with Crippen molar-refractivity contribution in [3.8, 4) is 0 Å². The van der Waals surface area contributed by atoms with Gasteiger partial charge in [-0.05, 0) is 31.0 Å². The van der Waals surface area contributed by atoms with E-state index in [0.717, 1.165) is 0 Å². The summed E-state index contributed by atoms with van der Waals surface area (Å²) in [5.74, 6) is 0. The molecule has 1 saturated heterocycles. The molecule has 1 aromatic rings. The molecular weight excluding hydrogens is 316 g/mol. The molecule has 5 N–H and O–H groups in total. The highest BCUT2D eigenvalue weighted by molar-refractivity contribution is 7.89. The van der Waals surface area contributed by atoms with Crippen LogP contribution in [0.25, 0.3) is 0 Å². The second-order valence-electron chi connectivity index (χ2n) is 4.93. The third-order valence-electron chi connectivity index (χ3n) is 3.43. The Balaban J connectivity index is 2.09. The van der Waals surface area contributed by atoms with Gasteiger partial charge in [0.15, 0.2) is 0 Å². The Hall–Kier alpha value is -1.51. The number of halogens is 1. The lowest BCUT2D eigenvalue weighted by molar-refractivity contribution is 0.193. The SMILES string of the molecule is NC(=O)N1CCC(Nc2cc(S(N)(=O)=O)ccc2Cl)CC1. The Morgan fingerprint density at radius 2 is 1.95 bits per heavy atom. The summed E-state index contributed by atoms with van der Waals surface area (Å²) in [4.78, 5) is 12.6. The number of hydrogen-bond acceptors (Lipinski definition) is 4. The Labute approximate surface area is 128 Å². The molecular formula is C12H17ClN4O3S. The van der Waals surface area contributed by atoms with Gasteiger partial charge in [0.25, 0.3) is 0 Å². The number of amides is 2. The molecule has 1 aliphatic heterocycles. The molecule has 1 fully saturated rings. The maximum Gasteiger partial charge on any atom is 0.314 e. The second kappa shape index (κ2) is 6.08. The monoisotopic (exact) mass is 332 g/mol. The summed E-state index contributed by atoms with van der Waals surface area (Å²) in [5.41, 5.74) is 5.74. The number of carbonyl (C=O) groups excluding carboxylic acids is 1. The molecule has 7 nitrogen and oxygen atoms in total. The average Bonchev–Trinajstić information content (AvgIpc) is 2.40. The molecule has 1 aliphatic rings. The van der Waals surface area contributed by atoms with Crippen LogP contribution in [0, 0.1) is 0 Å². The summed E-state index contributed by atoms with van der Waals surface area (Å²) in [6.07, 6.45) is 1.41. The molecule has 0 unspecified atom stereocenters. The topological polar surface area (TPSA) is 119 Å². The number of sulfonamides is 1. The highest BCUT2D eigenvalue weighted by atomic mass is 35.5. The molecule has 116 valence electrons. The van der Waals surface area contributed by atoms with Gasteiger partial charge < -0.3 is 16.0 Å². The van der Waals surface area contributed by atoms with Crippen LogP contribution in [-0.2, 0) is 10.0 Å². The fourth-order valence-corrected chi connectivity index (χ4v) is 2.97. The van der Waals surface area contributed by atoms with E-state index in [-0.39, 0.29) is 10.9 Å². The van der Waals surface area contributed by atoms with Gasteiger partial charge in [0.1, 0.15) is 0 Å². The van der Waals surface area contributed by atoms with E-state index in [2.05, 4.69) is 5.32 Å². The molecule has 9 heteroatoms. The number of anilines is 1. The van der Waals surface area contributed by atoms with Crippen LogP contribution in [0.1, 0.15) is 12.8 Å². The van der Waals surface area contributed by atoms with Gasteiger partial charge in [-0.15, -0.1) is 0 Å². The molecule has 0 bridgehead atoms. The van der Waals surface area contributed by atoms with E-state index in [4.69, 9.17) is 22.5 Å². The van der Waals surface area contributed by atoms with Crippen molar-refractivity contribution in [2.24, 2.45) is 10.9 Å². The molecule has 2 rings (SSSR count). The van der Waals surface area contributed by atoms with Gasteiger partial charge in [-0.25, -0.2) is 18.4 Å². The summed E-state index contributed by atoms with van der Waals surface area (Å²) in [6, 6.07) is 3.93. The molecule has 0 atom stereocenters. The highest BCUT2D eigenvalue weighted by Crippen LogP contribution is 2.27. The third-order valence-corrected chi connectivity index (χ3v) is 4.67. The lowest BCUT2D eigenvalue weighted by Crippen LogP contribution is -2.44. The molecule has 21 heavy (non-hydrogen) atoms. The standard InChI is InChI=1S/C12H17ClN4O3S/c13-10-2-1-9(21(15,19)20)7-11(10)16-8-3-5-17(6-4-8)12(14)18/h1-2,7-8,16H,3-6H2,(H2,14,18)(H2,15,19,20). The number of nitrogens with one attached hydrogen (secondary N) is 1. The van der Waals surface area contributed by atoms with Gasteiger partial charge >= 0.3 is 6.03 Å². The van der Waals surface area contributed by atoms with E-state index in [1.54, 1.807) is 4.90 Å². The second-order valence-corrected chi connectivity index (χ2v) is 6.90. The number of carbonyl (C=O) groups is 1. The van der Waals surface area contributed by atoms with Crippen LogP contribution in [0.2, 0.25) is 5.02 Å². The Kier molecular flexibility index (Phi) is 4.60. The Morgan fingerprint density at radius 3 is 2.48 bits per heavy atom. The number of hydrogen-bond donors (Lipinski definition) is 3. The van der Waals surface area contributed by atoms with Crippen LogP contribution in [0.5, 0.6) is 0 Å². The van der Waals surface area contributed by atoms with Gasteiger partial charge in [0.05, 0.1) is 15.6 Å². The van der Waals surface area contributed by atoms with Gasteiger partial charge in [0, 0.05) is 19.1 Å². The van der Waals surface area contributed by atoms with Gasteiger partial charge in [-0.1, -0.05) is 11.6 Å². The number of primary sulfonamides is 1. The van der Waals surface area contributed by atoms with Gasteiger partial charge in [-0.2, -0.15) is 0 Å². The lowest BCUT2D eigenvalue weighted by Gasteiger charge is -2.32. The lowest BCUT2D eigenvalue weighted by atomic mass is 10.0. The summed E-state index contributed by atoms with van der Waals surface area (Å²) in [6.45, 7) is 1.11. The molecule has 2 amide bonds. The van der Waals surface area contributed by atoms with E-state index in [1.165, 1.54) is 18.2 Å². The predicted molar refractivity (Wildman–Crippen MR) is 80.6 cm³/mol. The first kappa shape index (κ1) is 15.9. The van der Waals surface area contributed by atoms with Gasteiger partial charge in [-0.3, -0.25) is 0 Å². The van der Waals surface area contributed by atoms with Crippen molar-refractivity contribution in [1.29, 1.82) is 0 Å². The van der Waals surface area contributed by atoms with Crippen molar-refractivity contribution in [1.82, 2.24) is 4.90 Å². The van der Waals surface area contributed by atoms with E-state index >= 15 is 0 Å². The minimum absolute atomic E-state index is 0.00368. The van der Waals surface area contributed by atoms with Crippen LogP contribution in [0.15, 0.2) is 23.1 Å². The molecule has 0 spiro atoms. The van der Waals surface area contributed by atoms with Crippen LogP contribution < -0.4 is 16.2 Å². The first-order valence-corrected chi connectivity index (χ1v) is 8.33. The number of urea groups is 1. The van der Waals surface area contributed by atoms with Gasteiger partial charge in [0.2, 0.25) is 10.0 Å². The molecule has 1 aromatic carbocycles. The average molecular weight is 333 g/mol. The zero-order chi connectivity index (χ0) is 15.6. The third kappa shape index (κ3) is 3.99. The maximum absolute atomic E-state index is 11.4. The molecule has 0 aromatic heterocycles. The van der Waals surface area contributed by atoms with Crippen molar-refractivity contribution < 1.29 is 13.2 Å². The fraction of sp³-hybridized carbons (Fsp3) is 0.417. The number of nitrogens with zero attached hydrogens (tertiary/aromatic N) is 1. The minimum Gasteiger partial charge on any atom is -0.381 e. The molecule has 1 heterocycles. The molecule has 0 aliphatic carbocycles. The Bertz CT molecular complexity index is 642. The summed E-state index contributed by atoms with van der Waals surface area (Å²) in [7, 11) is -3.77. The van der Waals surface area contributed by atoms with Crippen molar-refractivity contribution in [3.63, 3.8) is 0 Å². The Morgan fingerprint density at radius 1 is 1.33 bits per heavy atom. The minimum atomic E-state index is -3.77. The summed E-state index contributed by atoms with van der Waals surface area (Å²) >= 11 is 6.06. The van der Waals surface area contributed by atoms with Crippen LogP contribution in [0.3, 0.4) is 0 Å². The maximum atomic E-state index is 11.4. The van der Waals surface area contributed by atoms with E-state index < -0.39 is 16.1 Å². The fourth-order valence-electron chi connectivity index (χ4n) is 2.26. The highest BCUT2D eigenvalue weighted by Gasteiger charge is 2.22. The summed E-state index contributed by atoms with van der Waals surface area (Å²) < 4.78 is 22.7. The van der Waals surface area contributed by atoms with Crippen molar-refractivity contribution in [2.75, 3.05) is 18.4 Å². The first-order chi connectivity index (χ1) is 9.77. The normalized spacial score (nSPS) is 16.8. The van der Waals surface area contributed by atoms with Crippen molar-refractivity contribution in [2.45, 2.75) is 23.8 Å². The smallest absolute Gasteiger partial charge is 0.314 e. The van der Waals surface area contributed by atoms with Crippen LogP contribution in [-0.4, -0.2) is 38.5 Å². The number of piperidine rings is 1. The van der Waals surface area contributed by atoms with Crippen molar-refractivity contribution >= 4 is 33.3 Å². The first-order valence-electron chi connectivity index (χ1n) is 6.40. The number of primary amides is 1. The summed E-state index contributed by atoms with van der Waals surface area (Å²) in [5, 5.41) is 8.71. The number of benzene rings is 1. The predicted octanol–water partition coefficient (Wildman–Crippen LogP) is 0.942. The zero-order valence-corrected chi connectivity index (χ0v) is 12.8. The van der Waals surface area contributed by atoms with Crippen molar-refractivity contribution in [3.05, 3.63) is 23.2 Å². The van der Waals surface area contributed by atoms with E-state index in [1.807, 2.05) is 0 Å². The molecule has 0 radical (unpaired) electrons. The largest absolute Gasteiger partial charge is 0.381 e.